The van der Waals surface area contributed by atoms with Crippen LogP contribution in [0.5, 0.6) is 0 Å². The molecule has 4 heterocycles. The summed E-state index contributed by atoms with van der Waals surface area (Å²) in [5, 5.41) is 7.80. The second-order valence-electron chi connectivity index (χ2n) is 10.0. The van der Waals surface area contributed by atoms with E-state index in [1.165, 1.54) is 33.7 Å². The molecule has 3 aromatic heterocycles. The van der Waals surface area contributed by atoms with Crippen molar-refractivity contribution in [3.05, 3.63) is 106 Å². The van der Waals surface area contributed by atoms with Crippen LogP contribution in [0.3, 0.4) is 0 Å². The van der Waals surface area contributed by atoms with E-state index in [2.05, 4.69) is 10.2 Å². The quantitative estimate of drug-likeness (QED) is 0.305. The van der Waals surface area contributed by atoms with Crippen LogP contribution in [0.4, 0.5) is 8.78 Å². The largest absolute Gasteiger partial charge is 0.348 e. The van der Waals surface area contributed by atoms with Crippen LogP contribution in [0.25, 0.3) is 38.9 Å². The molecule has 9 nitrogen and oxygen atoms in total. The maximum Gasteiger partial charge on any atom is 0.348 e. The van der Waals surface area contributed by atoms with E-state index in [0.717, 1.165) is 5.52 Å². The zero-order valence-electron chi connectivity index (χ0n) is 21.8. The summed E-state index contributed by atoms with van der Waals surface area (Å²) < 4.78 is 33.7. The molecule has 6 aromatic rings. The summed E-state index contributed by atoms with van der Waals surface area (Å²) >= 11 is 0. The van der Waals surface area contributed by atoms with E-state index in [1.54, 1.807) is 60.4 Å². The standard InChI is InChI=1S/C30H22F2N6O3/c1-35-16-26(22-14-18(32)7-9-24(22)35)38-27(33-34-30(38)41)23-15-36(25-10-8-17(31)13-21(23)25)11-4-12-37-28(39)19-5-2-3-6-20(19)29(37)40/h2-3,5-10,13-16H,4,11-12H2,1H3,(H,34,41). The molecule has 7 rings (SSSR count). The van der Waals surface area contributed by atoms with Gasteiger partial charge in [0.25, 0.3) is 11.8 Å². The molecule has 0 unspecified atom stereocenters. The number of H-pyrrole nitrogens is 1. The Morgan fingerprint density at radius 2 is 1.44 bits per heavy atom. The molecule has 2 amide bonds. The average Bonchev–Trinajstić information content (AvgIpc) is 3.67. The third-order valence-corrected chi connectivity index (χ3v) is 7.59. The number of hydrogen-bond acceptors (Lipinski definition) is 4. The molecule has 1 N–H and O–H groups in total. The molecule has 11 heteroatoms. The molecule has 0 radical (unpaired) electrons. The summed E-state index contributed by atoms with van der Waals surface area (Å²) in [6.07, 6.45) is 3.93. The van der Waals surface area contributed by atoms with Crippen molar-refractivity contribution in [2.75, 3.05) is 6.54 Å². The van der Waals surface area contributed by atoms with Crippen LogP contribution in [-0.4, -0.2) is 47.2 Å². The minimum Gasteiger partial charge on any atom is -0.348 e. The Balaban J connectivity index is 1.26. The fraction of sp³-hybridized carbons (Fsp3) is 0.133. The van der Waals surface area contributed by atoms with Crippen molar-refractivity contribution in [3.63, 3.8) is 0 Å². The lowest BCUT2D eigenvalue weighted by Gasteiger charge is -2.14. The summed E-state index contributed by atoms with van der Waals surface area (Å²) in [6, 6.07) is 15.4. The highest BCUT2D eigenvalue weighted by Crippen LogP contribution is 2.33. The predicted octanol–water partition coefficient (Wildman–Crippen LogP) is 4.64. The maximum atomic E-state index is 14.5. The highest BCUT2D eigenvalue weighted by molar-refractivity contribution is 6.21. The molecule has 41 heavy (non-hydrogen) atoms. The predicted molar refractivity (Wildman–Crippen MR) is 148 cm³/mol. The fourth-order valence-corrected chi connectivity index (χ4v) is 5.70. The smallest absolute Gasteiger partial charge is 0.348 e. The number of aryl methyl sites for hydroxylation is 2. The van der Waals surface area contributed by atoms with Crippen molar-refractivity contribution in [1.82, 2.24) is 28.8 Å². The Morgan fingerprint density at radius 3 is 2.15 bits per heavy atom. The molecular weight excluding hydrogens is 530 g/mol. The van der Waals surface area contributed by atoms with Crippen molar-refractivity contribution in [1.29, 1.82) is 0 Å². The molecule has 0 saturated heterocycles. The molecule has 0 atom stereocenters. The van der Waals surface area contributed by atoms with Crippen molar-refractivity contribution < 1.29 is 18.4 Å². The van der Waals surface area contributed by atoms with Crippen LogP contribution in [-0.2, 0) is 13.6 Å². The van der Waals surface area contributed by atoms with Gasteiger partial charge in [-0.1, -0.05) is 12.1 Å². The summed E-state index contributed by atoms with van der Waals surface area (Å²) in [5.41, 5.74) is 2.60. The number of carbonyl (C=O) groups is 2. The van der Waals surface area contributed by atoms with Gasteiger partial charge in [-0.3, -0.25) is 14.5 Å². The van der Waals surface area contributed by atoms with E-state index in [1.807, 2.05) is 4.57 Å². The molecule has 0 saturated carbocycles. The summed E-state index contributed by atoms with van der Waals surface area (Å²) in [5.74, 6) is -1.31. The summed E-state index contributed by atoms with van der Waals surface area (Å²) in [4.78, 5) is 39.8. The Morgan fingerprint density at radius 1 is 0.780 bits per heavy atom. The minimum atomic E-state index is -0.528. The molecule has 0 bridgehead atoms. The van der Waals surface area contributed by atoms with Crippen LogP contribution in [0.2, 0.25) is 0 Å². The average molecular weight is 553 g/mol. The molecule has 1 aliphatic heterocycles. The minimum absolute atomic E-state index is 0.206. The van der Waals surface area contributed by atoms with E-state index in [9.17, 15) is 23.2 Å². The number of nitrogens with one attached hydrogen (secondary N) is 1. The number of benzene rings is 3. The van der Waals surface area contributed by atoms with Gasteiger partial charge in [-0.05, 0) is 55.0 Å². The van der Waals surface area contributed by atoms with Gasteiger partial charge in [0.1, 0.15) is 11.6 Å². The maximum absolute atomic E-state index is 14.5. The van der Waals surface area contributed by atoms with E-state index in [4.69, 9.17) is 0 Å². The van der Waals surface area contributed by atoms with Gasteiger partial charge in [-0.2, -0.15) is 5.10 Å². The Bertz CT molecular complexity index is 2070. The third kappa shape index (κ3) is 3.80. The number of nitrogens with zero attached hydrogens (tertiary/aromatic N) is 5. The van der Waals surface area contributed by atoms with E-state index >= 15 is 0 Å². The fourth-order valence-electron chi connectivity index (χ4n) is 5.70. The Labute approximate surface area is 230 Å². The number of imide groups is 1. The van der Waals surface area contributed by atoms with Gasteiger partial charge in [0.2, 0.25) is 0 Å². The summed E-state index contributed by atoms with van der Waals surface area (Å²) in [7, 11) is 1.80. The van der Waals surface area contributed by atoms with E-state index < -0.39 is 17.3 Å². The van der Waals surface area contributed by atoms with Crippen LogP contribution >= 0.6 is 0 Å². The first-order valence-corrected chi connectivity index (χ1v) is 13.0. The van der Waals surface area contributed by atoms with Crippen molar-refractivity contribution >= 4 is 33.6 Å². The molecule has 0 spiro atoms. The first-order chi connectivity index (χ1) is 19.8. The van der Waals surface area contributed by atoms with Gasteiger partial charge < -0.3 is 9.13 Å². The van der Waals surface area contributed by atoms with Gasteiger partial charge in [0.05, 0.1) is 22.3 Å². The van der Waals surface area contributed by atoms with Gasteiger partial charge in [-0.15, -0.1) is 0 Å². The van der Waals surface area contributed by atoms with Gasteiger partial charge in [-0.25, -0.2) is 23.2 Å². The second kappa shape index (κ2) is 9.12. The lowest BCUT2D eigenvalue weighted by molar-refractivity contribution is 0.0651. The highest BCUT2D eigenvalue weighted by Gasteiger charge is 2.34. The topological polar surface area (TPSA) is 97.9 Å². The monoisotopic (exact) mass is 552 g/mol. The third-order valence-electron chi connectivity index (χ3n) is 7.59. The number of halogens is 2. The van der Waals surface area contributed by atoms with Crippen LogP contribution in [0.1, 0.15) is 27.1 Å². The zero-order valence-corrected chi connectivity index (χ0v) is 21.8. The van der Waals surface area contributed by atoms with Crippen molar-refractivity contribution in [2.24, 2.45) is 7.05 Å². The lowest BCUT2D eigenvalue weighted by Crippen LogP contribution is -2.31. The molecule has 0 aliphatic carbocycles. The van der Waals surface area contributed by atoms with Gasteiger partial charge in [0.15, 0.2) is 5.82 Å². The first-order valence-electron chi connectivity index (χ1n) is 13.0. The summed E-state index contributed by atoms with van der Waals surface area (Å²) in [6.45, 7) is 0.612. The molecule has 3 aromatic carbocycles. The van der Waals surface area contributed by atoms with Crippen molar-refractivity contribution in [2.45, 2.75) is 13.0 Å². The lowest BCUT2D eigenvalue weighted by atomic mass is 10.1. The number of aromatic nitrogens is 5. The Kier molecular flexibility index (Phi) is 5.49. The van der Waals surface area contributed by atoms with Crippen LogP contribution in [0.15, 0.2) is 77.9 Å². The molecular formula is C30H22F2N6O3. The molecule has 204 valence electrons. The Hall–Kier alpha value is -5.32. The number of amides is 2. The van der Waals surface area contributed by atoms with Crippen LogP contribution < -0.4 is 5.69 Å². The van der Waals surface area contributed by atoms with Crippen molar-refractivity contribution in [3.8, 4) is 17.1 Å². The normalized spacial score (nSPS) is 13.2. The number of fused-ring (bicyclic) bond motifs is 3. The molecule has 1 aliphatic rings. The zero-order chi connectivity index (χ0) is 28.4. The number of aromatic amines is 1. The highest BCUT2D eigenvalue weighted by atomic mass is 19.1. The number of hydrogen-bond donors (Lipinski definition) is 1. The van der Waals surface area contributed by atoms with Gasteiger partial charge in [0, 0.05) is 54.4 Å². The van der Waals surface area contributed by atoms with Crippen LogP contribution in [0, 0.1) is 11.6 Å². The number of carbonyl (C=O) groups excluding carboxylic acids is 2. The second-order valence-corrected chi connectivity index (χ2v) is 10.0. The number of rotatable bonds is 6. The van der Waals surface area contributed by atoms with E-state index in [0.29, 0.717) is 51.6 Å². The first kappa shape index (κ1) is 24.7. The van der Waals surface area contributed by atoms with Gasteiger partial charge >= 0.3 is 5.69 Å². The molecule has 0 fully saturated rings. The SMILES string of the molecule is Cn1cc(-n2c(-c3cn(CCCN4C(=O)c5ccccc5C4=O)c4ccc(F)cc34)n[nH]c2=O)c2cc(F)ccc21. The van der Waals surface area contributed by atoms with E-state index in [-0.39, 0.29) is 24.2 Å².